The van der Waals surface area contributed by atoms with Gasteiger partial charge in [0.1, 0.15) is 11.6 Å². The van der Waals surface area contributed by atoms with E-state index in [9.17, 15) is 4.39 Å². The quantitative estimate of drug-likeness (QED) is 0.865. The first kappa shape index (κ1) is 14.2. The first-order valence-corrected chi connectivity index (χ1v) is 6.45. The molecule has 0 saturated carbocycles. The lowest BCUT2D eigenvalue weighted by atomic mass is 10.1. The van der Waals surface area contributed by atoms with Crippen molar-refractivity contribution < 1.29 is 9.13 Å². The molecule has 0 saturated heterocycles. The molecule has 4 heteroatoms. The van der Waals surface area contributed by atoms with Crippen LogP contribution in [0.4, 0.5) is 15.8 Å². The minimum absolute atomic E-state index is 0.134. The molecule has 0 radical (unpaired) electrons. The van der Waals surface area contributed by atoms with Gasteiger partial charge in [-0.3, -0.25) is 0 Å². The second-order valence-electron chi connectivity index (χ2n) is 4.73. The molecule has 2 rings (SSSR count). The summed E-state index contributed by atoms with van der Waals surface area (Å²) in [6, 6.07) is 12.1. The van der Waals surface area contributed by atoms with E-state index in [2.05, 4.69) is 0 Å². The van der Waals surface area contributed by atoms with Gasteiger partial charge in [-0.15, -0.1) is 0 Å². The van der Waals surface area contributed by atoms with Crippen LogP contribution < -0.4 is 15.4 Å². The number of nitrogen functional groups attached to an aromatic ring is 1. The van der Waals surface area contributed by atoms with Gasteiger partial charge in [0.2, 0.25) is 0 Å². The van der Waals surface area contributed by atoms with E-state index < -0.39 is 0 Å². The third kappa shape index (κ3) is 2.69. The van der Waals surface area contributed by atoms with Crippen LogP contribution in [0.2, 0.25) is 0 Å². The van der Waals surface area contributed by atoms with Crippen LogP contribution in [0.5, 0.6) is 5.75 Å². The van der Waals surface area contributed by atoms with E-state index in [0.29, 0.717) is 11.3 Å². The number of methoxy groups -OCH3 is 1. The number of anilines is 2. The molecule has 2 aromatic carbocycles. The molecule has 0 amide bonds. The predicted octanol–water partition coefficient (Wildman–Crippen LogP) is 3.61. The first-order valence-electron chi connectivity index (χ1n) is 6.45. The highest BCUT2D eigenvalue weighted by Crippen LogP contribution is 2.33. The van der Waals surface area contributed by atoms with Crippen molar-refractivity contribution in [1.82, 2.24) is 0 Å². The topological polar surface area (TPSA) is 38.5 Å². The highest BCUT2D eigenvalue weighted by atomic mass is 19.1. The lowest BCUT2D eigenvalue weighted by molar-refractivity contribution is 0.415. The van der Waals surface area contributed by atoms with Gasteiger partial charge in [0, 0.05) is 18.7 Å². The molecule has 0 spiro atoms. The zero-order valence-electron chi connectivity index (χ0n) is 11.9. The molecule has 106 valence electrons. The van der Waals surface area contributed by atoms with Crippen molar-refractivity contribution in [3.8, 4) is 5.75 Å². The summed E-state index contributed by atoms with van der Waals surface area (Å²) in [5.41, 5.74) is 8.10. The minimum Gasteiger partial charge on any atom is -0.497 e. The first-order chi connectivity index (χ1) is 9.54. The predicted molar refractivity (Wildman–Crippen MR) is 80.6 cm³/mol. The second-order valence-corrected chi connectivity index (χ2v) is 4.73. The number of hydrogen-bond donors (Lipinski definition) is 1. The number of ether oxygens (including phenoxy) is 1. The fourth-order valence-corrected chi connectivity index (χ4v) is 2.19. The van der Waals surface area contributed by atoms with Crippen LogP contribution in [0.25, 0.3) is 0 Å². The molecule has 2 aromatic rings. The van der Waals surface area contributed by atoms with Gasteiger partial charge in [-0.05, 0) is 25.1 Å². The molecule has 0 aliphatic heterocycles. The Hall–Kier alpha value is -2.23. The van der Waals surface area contributed by atoms with Gasteiger partial charge in [-0.1, -0.05) is 18.2 Å². The Kier molecular flexibility index (Phi) is 4.13. The van der Waals surface area contributed by atoms with Gasteiger partial charge in [-0.2, -0.15) is 0 Å². The van der Waals surface area contributed by atoms with Crippen LogP contribution >= 0.6 is 0 Å². The third-order valence-electron chi connectivity index (χ3n) is 3.55. The highest BCUT2D eigenvalue weighted by molar-refractivity contribution is 5.70. The Morgan fingerprint density at radius 2 is 1.90 bits per heavy atom. The summed E-state index contributed by atoms with van der Waals surface area (Å²) in [5.74, 6) is 0.509. The lowest BCUT2D eigenvalue weighted by Crippen LogP contribution is -2.23. The van der Waals surface area contributed by atoms with Gasteiger partial charge in [0.05, 0.1) is 24.5 Å². The fourth-order valence-electron chi connectivity index (χ4n) is 2.19. The van der Waals surface area contributed by atoms with Crippen LogP contribution in [-0.4, -0.2) is 14.2 Å². The smallest absolute Gasteiger partial charge is 0.128 e. The van der Waals surface area contributed by atoms with Crippen LogP contribution in [0.1, 0.15) is 18.5 Å². The molecular weight excluding hydrogens is 255 g/mol. The fraction of sp³-hybridized carbons (Fsp3) is 0.250. The van der Waals surface area contributed by atoms with Crippen LogP contribution in [0.3, 0.4) is 0 Å². The SMILES string of the molecule is COc1ccc(N)c(N(C)C(C)c2ccccc2F)c1. The summed E-state index contributed by atoms with van der Waals surface area (Å²) >= 11 is 0. The van der Waals surface area contributed by atoms with Crippen molar-refractivity contribution in [1.29, 1.82) is 0 Å². The van der Waals surface area contributed by atoms with Crippen molar-refractivity contribution in [2.24, 2.45) is 0 Å². The molecule has 0 aliphatic rings. The van der Waals surface area contributed by atoms with E-state index in [1.807, 2.05) is 31.0 Å². The van der Waals surface area contributed by atoms with E-state index in [1.54, 1.807) is 31.4 Å². The zero-order chi connectivity index (χ0) is 14.7. The van der Waals surface area contributed by atoms with E-state index in [-0.39, 0.29) is 11.9 Å². The Morgan fingerprint density at radius 3 is 2.55 bits per heavy atom. The number of nitrogens with zero attached hydrogens (tertiary/aromatic N) is 1. The molecule has 0 heterocycles. The Balaban J connectivity index is 2.36. The van der Waals surface area contributed by atoms with Crippen molar-refractivity contribution in [2.45, 2.75) is 13.0 Å². The summed E-state index contributed by atoms with van der Waals surface area (Å²) in [7, 11) is 3.50. The second kappa shape index (κ2) is 5.82. The van der Waals surface area contributed by atoms with Crippen molar-refractivity contribution in [3.05, 3.63) is 53.8 Å². The molecule has 1 atom stereocenters. The number of hydrogen-bond acceptors (Lipinski definition) is 3. The molecule has 0 fully saturated rings. The average Bonchev–Trinajstić information content (AvgIpc) is 2.47. The Labute approximate surface area is 118 Å². The molecule has 3 nitrogen and oxygen atoms in total. The summed E-state index contributed by atoms with van der Waals surface area (Å²) in [5, 5.41) is 0. The molecule has 0 aliphatic carbocycles. The zero-order valence-corrected chi connectivity index (χ0v) is 11.9. The maximum Gasteiger partial charge on any atom is 0.128 e. The maximum atomic E-state index is 13.9. The molecule has 0 bridgehead atoms. The molecule has 20 heavy (non-hydrogen) atoms. The standard InChI is InChI=1S/C16H19FN2O/c1-11(13-6-4-5-7-14(13)17)19(2)16-10-12(20-3)8-9-15(16)18/h4-11H,18H2,1-3H3. The number of halogens is 1. The molecular formula is C16H19FN2O. The van der Waals surface area contributed by atoms with Gasteiger partial charge in [-0.25, -0.2) is 4.39 Å². The molecule has 2 N–H and O–H groups in total. The number of rotatable bonds is 4. The summed E-state index contributed by atoms with van der Waals surface area (Å²) in [4.78, 5) is 1.94. The summed E-state index contributed by atoms with van der Waals surface area (Å²) in [6.07, 6.45) is 0. The third-order valence-corrected chi connectivity index (χ3v) is 3.55. The molecule has 0 aromatic heterocycles. The average molecular weight is 274 g/mol. The van der Waals surface area contributed by atoms with Crippen LogP contribution in [-0.2, 0) is 0 Å². The minimum atomic E-state index is -0.215. The van der Waals surface area contributed by atoms with Gasteiger partial charge < -0.3 is 15.4 Å². The number of benzene rings is 2. The largest absolute Gasteiger partial charge is 0.497 e. The normalized spacial score (nSPS) is 12.0. The van der Waals surface area contributed by atoms with Crippen molar-refractivity contribution >= 4 is 11.4 Å². The summed E-state index contributed by atoms with van der Waals surface area (Å²) < 4.78 is 19.1. The van der Waals surface area contributed by atoms with E-state index in [4.69, 9.17) is 10.5 Å². The lowest BCUT2D eigenvalue weighted by Gasteiger charge is -2.29. The van der Waals surface area contributed by atoms with Gasteiger partial charge in [0.15, 0.2) is 0 Å². The van der Waals surface area contributed by atoms with Crippen molar-refractivity contribution in [2.75, 3.05) is 24.8 Å². The maximum absolute atomic E-state index is 13.9. The monoisotopic (exact) mass is 274 g/mol. The molecule has 1 unspecified atom stereocenters. The van der Waals surface area contributed by atoms with E-state index in [0.717, 1.165) is 11.4 Å². The summed E-state index contributed by atoms with van der Waals surface area (Å²) in [6.45, 7) is 1.94. The van der Waals surface area contributed by atoms with Crippen LogP contribution in [0.15, 0.2) is 42.5 Å². The van der Waals surface area contributed by atoms with Crippen molar-refractivity contribution in [3.63, 3.8) is 0 Å². The van der Waals surface area contributed by atoms with Gasteiger partial charge in [0.25, 0.3) is 0 Å². The Morgan fingerprint density at radius 1 is 1.20 bits per heavy atom. The van der Waals surface area contributed by atoms with Crippen LogP contribution in [0, 0.1) is 5.82 Å². The van der Waals surface area contributed by atoms with Gasteiger partial charge >= 0.3 is 0 Å². The van der Waals surface area contributed by atoms with E-state index in [1.165, 1.54) is 6.07 Å². The van der Waals surface area contributed by atoms with E-state index >= 15 is 0 Å². The Bertz CT molecular complexity index is 601. The number of nitrogens with two attached hydrogens (primary N) is 1. The highest BCUT2D eigenvalue weighted by Gasteiger charge is 2.17.